The number of fused-ring (bicyclic) bond motifs is 2. The number of urea groups is 1. The lowest BCUT2D eigenvalue weighted by atomic mass is 9.90. The van der Waals surface area contributed by atoms with Gasteiger partial charge in [-0.2, -0.15) is 0 Å². The second kappa shape index (κ2) is 27.1. The normalized spacial score (nSPS) is 14.6. The minimum Gasteiger partial charge on any atom is -0.484 e. The molecule has 0 fully saturated rings. The number of carbonyl (C=O) groups is 7. The molecule has 21 nitrogen and oxygen atoms in total. The third-order valence-electron chi connectivity index (χ3n) is 11.5. The van der Waals surface area contributed by atoms with E-state index in [4.69, 9.17) is 19.3 Å². The van der Waals surface area contributed by atoms with Gasteiger partial charge in [0.2, 0.25) is 11.8 Å². The second-order valence-electron chi connectivity index (χ2n) is 17.1. The van der Waals surface area contributed by atoms with Crippen molar-refractivity contribution < 1.29 is 76.2 Å². The Hall–Kier alpha value is -7.60. The van der Waals surface area contributed by atoms with Crippen molar-refractivity contribution in [2.45, 2.75) is 76.3 Å². The van der Waals surface area contributed by atoms with Crippen molar-refractivity contribution in [3.63, 3.8) is 0 Å². The molecule has 5 rings (SSSR count). The average Bonchev–Trinajstić information content (AvgIpc) is 4.13. The molecule has 9 N–H and O–H groups in total. The summed E-state index contributed by atoms with van der Waals surface area (Å²) in [5, 5.41) is 40.1. The number of hydrogen-bond acceptors (Lipinski definition) is 10. The number of rotatable bonds is 32. The topological polar surface area (TPSA) is 292 Å². The third kappa shape index (κ3) is 16.8. The number of nitrogens with zero attached hydrogens (tertiary/aromatic N) is 2. The maximum atomic E-state index is 16.1. The van der Waals surface area contributed by atoms with Crippen LogP contribution >= 0.6 is 0 Å². The number of hydrogen-bond donors (Lipinski definition) is 9. The lowest BCUT2D eigenvalue weighted by molar-refractivity contribution is -0.359. The van der Waals surface area contributed by atoms with Crippen LogP contribution in [0.4, 0.5) is 13.4 Å². The maximum Gasteiger partial charge on any atom is 0.737 e. The van der Waals surface area contributed by atoms with Crippen LogP contribution in [0.3, 0.4) is 0 Å². The van der Waals surface area contributed by atoms with Crippen LogP contribution in [0.5, 0.6) is 5.75 Å². The van der Waals surface area contributed by atoms with E-state index in [9.17, 15) is 43.8 Å². The van der Waals surface area contributed by atoms with Crippen molar-refractivity contribution in [1.82, 2.24) is 36.0 Å². The fraction of sp³-hybridized carbons (Fsp3) is 0.417. The van der Waals surface area contributed by atoms with Gasteiger partial charge in [-0.1, -0.05) is 18.6 Å². The lowest BCUT2D eigenvalue weighted by Gasteiger charge is -2.30. The first-order valence-corrected chi connectivity index (χ1v) is 23.5. The largest absolute Gasteiger partial charge is 0.737 e. The summed E-state index contributed by atoms with van der Waals surface area (Å²) >= 11 is 0. The summed E-state index contributed by atoms with van der Waals surface area (Å²) in [5.74, 6) is -4.45. The van der Waals surface area contributed by atoms with Gasteiger partial charge in [-0.15, -0.1) is 0 Å². The summed E-state index contributed by atoms with van der Waals surface area (Å²) in [5.41, 5.74) is 1.20. The van der Waals surface area contributed by atoms with Crippen LogP contribution < -0.4 is 31.3 Å². The highest BCUT2D eigenvalue weighted by Crippen LogP contribution is 2.35. The number of carboxylic acids is 3. The number of H-pyrrole nitrogens is 1. The van der Waals surface area contributed by atoms with Gasteiger partial charge in [0, 0.05) is 74.4 Å². The minimum atomic E-state index is -4.17. The van der Waals surface area contributed by atoms with E-state index >= 15 is 8.63 Å². The van der Waals surface area contributed by atoms with Crippen molar-refractivity contribution in [3.8, 4) is 17.1 Å². The first-order chi connectivity index (χ1) is 34.5. The Labute approximate surface area is 413 Å². The SMILES string of the molecule is C[C@@](CCCCNC(=O)COCCOCCNC(=O)CCCCCNC(=O)COc1ccc(/C=C\C2=[N+]3C(=Cc4ccc(-c5ccc[nH]5)n4[B-]3(F)F)C=C2)cc1)(NC(=O)NC(CCC(=O)O)C(=O)O)C(=O)O. The number of carbonyl (C=O) groups excluding carboxylic acids is 4. The quantitative estimate of drug-likeness (QED) is 0.0319. The van der Waals surface area contributed by atoms with Crippen LogP contribution in [-0.2, 0) is 38.2 Å². The molecule has 0 radical (unpaired) electrons. The highest BCUT2D eigenvalue weighted by Gasteiger charge is 2.52. The van der Waals surface area contributed by atoms with E-state index in [0.29, 0.717) is 66.5 Å². The van der Waals surface area contributed by atoms with Crippen LogP contribution in [0.2, 0.25) is 0 Å². The summed E-state index contributed by atoms with van der Waals surface area (Å²) in [4.78, 5) is 85.9. The molecule has 2 aliphatic heterocycles. The third-order valence-corrected chi connectivity index (χ3v) is 11.5. The molecule has 0 saturated carbocycles. The summed E-state index contributed by atoms with van der Waals surface area (Å²) < 4.78 is 50.6. The molecule has 0 spiro atoms. The molecular weight excluding hydrogens is 945 g/mol. The molecule has 2 aromatic heterocycles. The number of halogens is 2. The monoisotopic (exact) mass is 1010 g/mol. The predicted octanol–water partition coefficient (Wildman–Crippen LogP) is 3.75. The van der Waals surface area contributed by atoms with Gasteiger partial charge in [0.25, 0.3) is 5.91 Å². The van der Waals surface area contributed by atoms with E-state index in [1.165, 1.54) is 6.92 Å². The van der Waals surface area contributed by atoms with Crippen LogP contribution in [-0.4, -0.2) is 148 Å². The molecular formula is C48H61BF2N8O13. The zero-order valence-corrected chi connectivity index (χ0v) is 39.8. The number of benzene rings is 1. The van der Waals surface area contributed by atoms with Crippen molar-refractivity contribution in [1.29, 1.82) is 0 Å². The molecule has 2 atom stereocenters. The smallest absolute Gasteiger partial charge is 0.484 e. The molecule has 3 aromatic rings. The van der Waals surface area contributed by atoms with Gasteiger partial charge >= 0.3 is 30.9 Å². The number of allylic oxidation sites excluding steroid dienone is 3. The van der Waals surface area contributed by atoms with E-state index < -0.39 is 54.8 Å². The van der Waals surface area contributed by atoms with Gasteiger partial charge in [0.05, 0.1) is 25.5 Å². The van der Waals surface area contributed by atoms with Crippen molar-refractivity contribution in [2.24, 2.45) is 0 Å². The molecule has 0 saturated heterocycles. The molecule has 2 aliphatic rings. The van der Waals surface area contributed by atoms with E-state index in [0.717, 1.165) is 20.9 Å². The fourth-order valence-corrected chi connectivity index (χ4v) is 7.68. The molecule has 4 heterocycles. The Kier molecular flexibility index (Phi) is 20.8. The van der Waals surface area contributed by atoms with E-state index in [1.54, 1.807) is 85.1 Å². The van der Waals surface area contributed by atoms with Gasteiger partial charge in [-0.05, 0) is 93.5 Å². The number of aliphatic carboxylic acids is 3. The van der Waals surface area contributed by atoms with Crippen LogP contribution in [0.25, 0.3) is 23.5 Å². The van der Waals surface area contributed by atoms with Crippen LogP contribution in [0, 0.1) is 0 Å². The van der Waals surface area contributed by atoms with Gasteiger partial charge in [0.1, 0.15) is 23.9 Å². The van der Waals surface area contributed by atoms with Crippen LogP contribution in [0.1, 0.15) is 76.0 Å². The van der Waals surface area contributed by atoms with Gasteiger partial charge in [0.15, 0.2) is 18.0 Å². The van der Waals surface area contributed by atoms with Gasteiger partial charge in [-0.25, -0.2) is 14.4 Å². The number of ether oxygens (including phenoxy) is 3. The summed E-state index contributed by atoms with van der Waals surface area (Å²) in [6, 6.07) is 11.2. The summed E-state index contributed by atoms with van der Waals surface area (Å²) in [6.07, 6.45) is 12.2. The molecule has 1 aromatic carbocycles. The van der Waals surface area contributed by atoms with Crippen molar-refractivity contribution >= 4 is 66.5 Å². The standard InChI is InChI=1S/C48H61BF2N8O13/c1-48(46(67)68,57-47(69)56-39(45(65)66)19-21-44(63)64)22-4-6-24-53-42(61)31-71-29-28-70-27-26-55-41(60)9-3-2-5-23-54-43(62)32-72-37-17-11-33(12-18-37)10-13-34-14-15-35-30-36-16-20-40(38-8-7-25-52-38)59(36)49(50,51)58(34)35/h7-8,10-18,20,25,30,39,52H,2-6,9,19,21-24,26-29,31-32H2,1H3,(H,53,61)(H,54,62)(H,55,60)(H,63,64)(H,65,66)(H,67,68)(H2,56,57,69)/b13-10-/t39?,48-/m0/s1. The molecule has 1 unspecified atom stereocenters. The Balaban J connectivity index is 0.836. The Morgan fingerprint density at radius 3 is 2.19 bits per heavy atom. The van der Waals surface area contributed by atoms with Crippen molar-refractivity contribution in [2.75, 3.05) is 52.7 Å². The van der Waals surface area contributed by atoms with Crippen LogP contribution in [0.15, 0.2) is 78.7 Å². The lowest BCUT2D eigenvalue weighted by Crippen LogP contribution is -2.57. The average molecular weight is 1010 g/mol. The molecule has 0 aliphatic carbocycles. The Bertz CT molecular complexity index is 2510. The van der Waals surface area contributed by atoms with E-state index in [-0.39, 0.29) is 77.2 Å². The number of nitrogens with one attached hydrogen (secondary N) is 6. The van der Waals surface area contributed by atoms with E-state index in [2.05, 4.69) is 31.6 Å². The van der Waals surface area contributed by atoms with Gasteiger partial charge < -0.3 is 78.7 Å². The second-order valence-corrected chi connectivity index (χ2v) is 17.1. The number of aromatic amines is 1. The Morgan fingerprint density at radius 1 is 0.792 bits per heavy atom. The first kappa shape index (κ1) is 55.3. The molecule has 24 heteroatoms. The van der Waals surface area contributed by atoms with Gasteiger partial charge in [-0.3, -0.25) is 19.2 Å². The molecule has 388 valence electrons. The Morgan fingerprint density at radius 2 is 1.50 bits per heavy atom. The highest BCUT2D eigenvalue weighted by molar-refractivity contribution is 6.58. The zero-order chi connectivity index (χ0) is 52.1. The van der Waals surface area contributed by atoms with E-state index in [1.807, 2.05) is 0 Å². The first-order valence-electron chi connectivity index (χ1n) is 23.5. The number of unbranched alkanes of at least 4 members (excludes halogenated alkanes) is 3. The predicted molar refractivity (Wildman–Crippen MR) is 260 cm³/mol. The molecule has 0 bridgehead atoms. The molecule has 72 heavy (non-hydrogen) atoms. The fourth-order valence-electron chi connectivity index (χ4n) is 7.68. The zero-order valence-electron chi connectivity index (χ0n) is 39.8. The van der Waals surface area contributed by atoms with Crippen molar-refractivity contribution in [3.05, 3.63) is 89.9 Å². The summed E-state index contributed by atoms with van der Waals surface area (Å²) in [6.45, 7) is -1.91. The number of aromatic nitrogens is 2. The highest BCUT2D eigenvalue weighted by atomic mass is 19.2. The maximum absolute atomic E-state index is 16.1. The number of amides is 5. The number of carboxylic acid groups (broad SMARTS) is 3. The minimum absolute atomic E-state index is 0.0445. The molecule has 5 amide bonds. The summed E-state index contributed by atoms with van der Waals surface area (Å²) in [7, 11) is 0.